The number of carbonyl (C=O) groups is 1. The summed E-state index contributed by atoms with van der Waals surface area (Å²) in [7, 11) is 0. The molecular weight excluding hydrogens is 455 g/mol. The minimum Gasteiger partial charge on any atom is -0.325 e. The van der Waals surface area contributed by atoms with Gasteiger partial charge in [0.2, 0.25) is 5.91 Å². The minimum absolute atomic E-state index is 0.170. The molecule has 1 aromatic heterocycles. The van der Waals surface area contributed by atoms with Crippen LogP contribution in [0.4, 0.5) is 5.69 Å². The average molecular weight is 467 g/mol. The first-order valence-corrected chi connectivity index (χ1v) is 10.8. The van der Waals surface area contributed by atoms with E-state index in [2.05, 4.69) is 10.4 Å². The molecule has 0 fully saturated rings. The van der Waals surface area contributed by atoms with Gasteiger partial charge < -0.3 is 5.32 Å². The molecule has 0 aliphatic heterocycles. The first-order chi connectivity index (χ1) is 13.4. The van der Waals surface area contributed by atoms with Gasteiger partial charge in [0.25, 0.3) is 0 Å². The molecule has 3 aromatic rings. The van der Waals surface area contributed by atoms with Crippen LogP contribution in [0.25, 0.3) is 5.69 Å². The van der Waals surface area contributed by atoms with E-state index in [1.54, 1.807) is 54.1 Å². The van der Waals surface area contributed by atoms with E-state index in [0.717, 1.165) is 0 Å². The SMILES string of the molecule is C[C@H](Sc1nn(-c2ccc(Cl)c(Cl)c2)c(=S)s1)C(=O)Nc1ccc(C#N)cc1. The van der Waals surface area contributed by atoms with Crippen molar-refractivity contribution in [1.29, 1.82) is 5.26 Å². The number of carbonyl (C=O) groups excluding carboxylic acids is 1. The van der Waals surface area contributed by atoms with E-state index >= 15 is 0 Å². The Kier molecular flexibility index (Phi) is 6.75. The zero-order chi connectivity index (χ0) is 20.3. The molecule has 2 aromatic carbocycles. The van der Waals surface area contributed by atoms with Crippen molar-refractivity contribution >= 4 is 70.1 Å². The summed E-state index contributed by atoms with van der Waals surface area (Å²) >= 11 is 20.0. The van der Waals surface area contributed by atoms with Crippen LogP contribution in [-0.2, 0) is 4.79 Å². The first-order valence-electron chi connectivity index (χ1n) is 7.90. The maximum atomic E-state index is 12.4. The standard InChI is InChI=1S/C18H12Cl2N4OS3/c1-10(16(25)22-12-4-2-11(9-21)3-5-12)27-17-23-24(18(26)28-17)13-6-7-14(19)15(20)8-13/h2-8,10H,1H3,(H,22,25)/t10-/m0/s1. The number of benzene rings is 2. The number of nitrogens with zero attached hydrogens (tertiary/aromatic N) is 3. The van der Waals surface area contributed by atoms with Gasteiger partial charge in [-0.15, -0.1) is 5.10 Å². The van der Waals surface area contributed by atoms with Crippen molar-refractivity contribution < 1.29 is 4.79 Å². The molecule has 1 heterocycles. The number of hydrogen-bond donors (Lipinski definition) is 1. The second kappa shape index (κ2) is 9.07. The smallest absolute Gasteiger partial charge is 0.237 e. The summed E-state index contributed by atoms with van der Waals surface area (Å²) < 4.78 is 2.80. The Hall–Kier alpha value is -1.89. The van der Waals surface area contributed by atoms with Gasteiger partial charge in [0.05, 0.1) is 32.6 Å². The molecule has 3 rings (SSSR count). The molecule has 0 aliphatic carbocycles. The molecule has 5 nitrogen and oxygen atoms in total. The number of rotatable bonds is 5. The van der Waals surface area contributed by atoms with Crippen molar-refractivity contribution in [1.82, 2.24) is 9.78 Å². The predicted octanol–water partition coefficient (Wildman–Crippen LogP) is 5.96. The first kappa shape index (κ1) is 20.8. The zero-order valence-corrected chi connectivity index (χ0v) is 18.3. The quantitative estimate of drug-likeness (QED) is 0.370. The molecule has 0 spiro atoms. The van der Waals surface area contributed by atoms with Crippen LogP contribution >= 0.6 is 58.5 Å². The molecule has 0 saturated heterocycles. The molecule has 1 amide bonds. The normalized spacial score (nSPS) is 11.6. The highest BCUT2D eigenvalue weighted by molar-refractivity contribution is 8.02. The highest BCUT2D eigenvalue weighted by atomic mass is 35.5. The van der Waals surface area contributed by atoms with Crippen LogP contribution in [0.15, 0.2) is 46.8 Å². The third-order valence-electron chi connectivity index (χ3n) is 3.61. The van der Waals surface area contributed by atoms with Gasteiger partial charge >= 0.3 is 0 Å². The fourth-order valence-electron chi connectivity index (χ4n) is 2.17. The Balaban J connectivity index is 1.70. The van der Waals surface area contributed by atoms with Crippen LogP contribution in [-0.4, -0.2) is 20.9 Å². The summed E-state index contributed by atoms with van der Waals surface area (Å²) in [5.41, 5.74) is 1.87. The minimum atomic E-state index is -0.390. The van der Waals surface area contributed by atoms with E-state index in [-0.39, 0.29) is 5.91 Å². The van der Waals surface area contributed by atoms with Crippen molar-refractivity contribution in [3.63, 3.8) is 0 Å². The molecular formula is C18H12Cl2N4OS3. The number of halogens is 2. The molecule has 1 N–H and O–H groups in total. The Labute approximate surface area is 184 Å². The molecule has 10 heteroatoms. The van der Waals surface area contributed by atoms with Crippen molar-refractivity contribution in [3.8, 4) is 11.8 Å². The number of anilines is 1. The molecule has 1 atom stereocenters. The Morgan fingerprint density at radius 2 is 2.00 bits per heavy atom. The lowest BCUT2D eigenvalue weighted by molar-refractivity contribution is -0.115. The van der Waals surface area contributed by atoms with E-state index in [1.807, 2.05) is 6.07 Å². The molecule has 0 aliphatic rings. The third-order valence-corrected chi connectivity index (χ3v) is 6.76. The molecule has 0 radical (unpaired) electrons. The molecule has 0 bridgehead atoms. The molecule has 142 valence electrons. The average Bonchev–Trinajstić information content (AvgIpc) is 3.04. The van der Waals surface area contributed by atoms with Crippen LogP contribution in [0.5, 0.6) is 0 Å². The third kappa shape index (κ3) is 4.93. The fraction of sp³-hybridized carbons (Fsp3) is 0.111. The summed E-state index contributed by atoms with van der Waals surface area (Å²) in [6.45, 7) is 1.79. The second-order valence-electron chi connectivity index (χ2n) is 5.58. The Morgan fingerprint density at radius 3 is 2.64 bits per heavy atom. The van der Waals surface area contributed by atoms with Gasteiger partial charge in [-0.3, -0.25) is 4.79 Å². The van der Waals surface area contributed by atoms with Crippen molar-refractivity contribution in [2.45, 2.75) is 16.5 Å². The number of nitrogens with one attached hydrogen (secondary N) is 1. The number of nitriles is 1. The molecule has 0 saturated carbocycles. The van der Waals surface area contributed by atoms with Crippen molar-refractivity contribution in [2.24, 2.45) is 0 Å². The lowest BCUT2D eigenvalue weighted by Gasteiger charge is -2.10. The van der Waals surface area contributed by atoms with Gasteiger partial charge in [0.15, 0.2) is 8.29 Å². The van der Waals surface area contributed by atoms with Crippen LogP contribution in [0.3, 0.4) is 0 Å². The fourth-order valence-corrected chi connectivity index (χ4v) is 4.96. The zero-order valence-electron chi connectivity index (χ0n) is 14.3. The lowest BCUT2D eigenvalue weighted by atomic mass is 10.2. The van der Waals surface area contributed by atoms with Gasteiger partial charge in [-0.2, -0.15) is 5.26 Å². The Morgan fingerprint density at radius 1 is 1.29 bits per heavy atom. The van der Waals surface area contributed by atoms with E-state index in [1.165, 1.54) is 23.1 Å². The summed E-state index contributed by atoms with van der Waals surface area (Å²) in [6.07, 6.45) is 0. The van der Waals surface area contributed by atoms with Gasteiger partial charge in [-0.1, -0.05) is 46.3 Å². The Bertz CT molecular complexity index is 1120. The monoisotopic (exact) mass is 466 g/mol. The topological polar surface area (TPSA) is 70.7 Å². The van der Waals surface area contributed by atoms with Crippen molar-refractivity contribution in [2.75, 3.05) is 5.32 Å². The number of amides is 1. The van der Waals surface area contributed by atoms with Gasteiger partial charge in [-0.05, 0) is 61.6 Å². The van der Waals surface area contributed by atoms with Crippen LogP contribution in [0.1, 0.15) is 12.5 Å². The van der Waals surface area contributed by atoms with Crippen LogP contribution in [0.2, 0.25) is 10.0 Å². The van der Waals surface area contributed by atoms with Crippen molar-refractivity contribution in [3.05, 3.63) is 62.0 Å². The van der Waals surface area contributed by atoms with Gasteiger partial charge in [0, 0.05) is 5.69 Å². The summed E-state index contributed by atoms with van der Waals surface area (Å²) in [5, 5.41) is 16.6. The maximum Gasteiger partial charge on any atom is 0.237 e. The van der Waals surface area contributed by atoms with Gasteiger partial charge in [0.1, 0.15) is 0 Å². The van der Waals surface area contributed by atoms with E-state index in [0.29, 0.717) is 35.3 Å². The summed E-state index contributed by atoms with van der Waals surface area (Å²) in [5.74, 6) is -0.170. The highest BCUT2D eigenvalue weighted by Gasteiger charge is 2.18. The van der Waals surface area contributed by atoms with E-state index < -0.39 is 5.25 Å². The number of thioether (sulfide) groups is 1. The number of hydrogen-bond acceptors (Lipinski definition) is 6. The maximum absolute atomic E-state index is 12.4. The largest absolute Gasteiger partial charge is 0.325 e. The van der Waals surface area contributed by atoms with E-state index in [9.17, 15) is 4.79 Å². The second-order valence-corrected chi connectivity index (χ2v) is 9.61. The highest BCUT2D eigenvalue weighted by Crippen LogP contribution is 2.30. The lowest BCUT2D eigenvalue weighted by Crippen LogP contribution is -2.22. The molecule has 0 unspecified atom stereocenters. The van der Waals surface area contributed by atoms with Crippen LogP contribution < -0.4 is 5.32 Å². The summed E-state index contributed by atoms with van der Waals surface area (Å²) in [6, 6.07) is 13.9. The predicted molar refractivity (Wildman–Crippen MR) is 117 cm³/mol. The van der Waals surface area contributed by atoms with Crippen LogP contribution in [0, 0.1) is 15.3 Å². The summed E-state index contributed by atoms with van der Waals surface area (Å²) in [4.78, 5) is 12.4. The molecule has 28 heavy (non-hydrogen) atoms. The number of aromatic nitrogens is 2. The van der Waals surface area contributed by atoms with Gasteiger partial charge in [-0.25, -0.2) is 4.68 Å². The van der Waals surface area contributed by atoms with E-state index in [4.69, 9.17) is 40.7 Å².